The fourth-order valence-corrected chi connectivity index (χ4v) is 2.61. The second-order valence-electron chi connectivity index (χ2n) is 5.54. The summed E-state index contributed by atoms with van der Waals surface area (Å²) in [4.78, 5) is 26.7. The van der Waals surface area contributed by atoms with Gasteiger partial charge in [-0.3, -0.25) is 19.8 Å². The van der Waals surface area contributed by atoms with Crippen LogP contribution in [0.3, 0.4) is 0 Å². The lowest BCUT2D eigenvalue weighted by atomic mass is 10.1. The fourth-order valence-electron chi connectivity index (χ4n) is 2.61. The molecule has 1 aromatic carbocycles. The van der Waals surface area contributed by atoms with E-state index >= 15 is 0 Å². The van der Waals surface area contributed by atoms with Crippen LogP contribution in [0.15, 0.2) is 24.3 Å². The zero-order valence-electron chi connectivity index (χ0n) is 13.4. The molecule has 128 valence electrons. The molecule has 0 aliphatic carbocycles. The van der Waals surface area contributed by atoms with Crippen LogP contribution in [0.2, 0.25) is 0 Å². The highest BCUT2D eigenvalue weighted by molar-refractivity contribution is 5.85. The Bertz CT molecular complexity index is 549. The van der Waals surface area contributed by atoms with Crippen LogP contribution in [0.4, 0.5) is 5.69 Å². The second-order valence-corrected chi connectivity index (χ2v) is 5.54. The zero-order valence-corrected chi connectivity index (χ0v) is 14.2. The van der Waals surface area contributed by atoms with Gasteiger partial charge in [-0.25, -0.2) is 0 Å². The van der Waals surface area contributed by atoms with Crippen LogP contribution in [0.1, 0.15) is 18.5 Å². The van der Waals surface area contributed by atoms with Gasteiger partial charge >= 0.3 is 0 Å². The highest BCUT2D eigenvalue weighted by Crippen LogP contribution is 2.27. The molecule has 8 heteroatoms. The number of amides is 1. The summed E-state index contributed by atoms with van der Waals surface area (Å²) in [5.41, 5.74) is 0.722. The van der Waals surface area contributed by atoms with Crippen molar-refractivity contribution in [3.63, 3.8) is 0 Å². The first-order valence-electron chi connectivity index (χ1n) is 7.42. The van der Waals surface area contributed by atoms with Gasteiger partial charge in [-0.2, -0.15) is 0 Å². The number of carbonyl (C=O) groups excluding carboxylic acids is 1. The van der Waals surface area contributed by atoms with Crippen LogP contribution in [0.5, 0.6) is 0 Å². The molecular formula is C15H23ClN4O3. The van der Waals surface area contributed by atoms with Crippen LogP contribution < -0.4 is 5.32 Å². The van der Waals surface area contributed by atoms with E-state index in [0.29, 0.717) is 18.7 Å². The molecule has 1 N–H and O–H groups in total. The maximum atomic E-state index is 12.3. The van der Waals surface area contributed by atoms with Crippen LogP contribution in [-0.2, 0) is 4.79 Å². The number of rotatable bonds is 5. The molecule has 1 fully saturated rings. The molecule has 1 atom stereocenters. The van der Waals surface area contributed by atoms with Gasteiger partial charge in [0.15, 0.2) is 0 Å². The van der Waals surface area contributed by atoms with Gasteiger partial charge in [0.25, 0.3) is 5.69 Å². The van der Waals surface area contributed by atoms with Crippen LogP contribution >= 0.6 is 12.4 Å². The first-order chi connectivity index (χ1) is 10.5. The van der Waals surface area contributed by atoms with Crippen molar-refractivity contribution in [1.29, 1.82) is 0 Å². The molecule has 0 radical (unpaired) electrons. The first kappa shape index (κ1) is 19.3. The fraction of sp³-hybridized carbons (Fsp3) is 0.533. The van der Waals surface area contributed by atoms with Crippen molar-refractivity contribution in [2.75, 3.05) is 39.8 Å². The number of likely N-dealkylation sites (N-methyl/N-ethyl adjacent to an activating group) is 1. The van der Waals surface area contributed by atoms with Crippen molar-refractivity contribution < 1.29 is 9.72 Å². The Morgan fingerprint density at radius 1 is 1.39 bits per heavy atom. The van der Waals surface area contributed by atoms with Gasteiger partial charge in [-0.05, 0) is 14.0 Å². The van der Waals surface area contributed by atoms with Gasteiger partial charge in [-0.15, -0.1) is 12.4 Å². The van der Waals surface area contributed by atoms with Crippen LogP contribution in [-0.4, -0.2) is 60.4 Å². The lowest BCUT2D eigenvalue weighted by Gasteiger charge is -2.31. The van der Waals surface area contributed by atoms with E-state index in [2.05, 4.69) is 5.32 Å². The maximum absolute atomic E-state index is 12.3. The lowest BCUT2D eigenvalue weighted by Crippen LogP contribution is -2.49. The first-order valence-corrected chi connectivity index (χ1v) is 7.42. The minimum atomic E-state index is -0.377. The van der Waals surface area contributed by atoms with E-state index in [-0.39, 0.29) is 41.5 Å². The molecule has 0 aromatic heterocycles. The third-order valence-corrected chi connectivity index (χ3v) is 4.10. The Morgan fingerprint density at radius 3 is 2.61 bits per heavy atom. The number of carbonyl (C=O) groups is 1. The molecule has 0 saturated carbocycles. The molecule has 0 bridgehead atoms. The summed E-state index contributed by atoms with van der Waals surface area (Å²) < 4.78 is 0. The highest BCUT2D eigenvalue weighted by atomic mass is 35.5. The quantitative estimate of drug-likeness (QED) is 0.647. The van der Waals surface area contributed by atoms with E-state index in [1.807, 2.05) is 23.8 Å². The van der Waals surface area contributed by atoms with E-state index in [9.17, 15) is 14.9 Å². The summed E-state index contributed by atoms with van der Waals surface area (Å²) in [7, 11) is 1.82. The lowest BCUT2D eigenvalue weighted by molar-refractivity contribution is -0.385. The topological polar surface area (TPSA) is 78.7 Å². The molecule has 1 aromatic rings. The number of hydrogen-bond acceptors (Lipinski definition) is 5. The van der Waals surface area contributed by atoms with Gasteiger partial charge in [0, 0.05) is 43.9 Å². The van der Waals surface area contributed by atoms with Gasteiger partial charge < -0.3 is 10.2 Å². The SMILES string of the molecule is CC(c1ccccc1[N+](=O)[O-])N(C)CC(=O)N1CCNCC1.Cl. The summed E-state index contributed by atoms with van der Waals surface area (Å²) in [5.74, 6) is 0.0643. The maximum Gasteiger partial charge on any atom is 0.274 e. The van der Waals surface area contributed by atoms with Crippen LogP contribution in [0.25, 0.3) is 0 Å². The smallest absolute Gasteiger partial charge is 0.274 e. The molecule has 1 amide bonds. The predicted molar refractivity (Wildman–Crippen MR) is 90.8 cm³/mol. The van der Waals surface area contributed by atoms with Crippen molar-refractivity contribution in [2.24, 2.45) is 0 Å². The van der Waals surface area contributed by atoms with Crippen molar-refractivity contribution in [3.05, 3.63) is 39.9 Å². The van der Waals surface area contributed by atoms with Crippen molar-refractivity contribution in [2.45, 2.75) is 13.0 Å². The Hall–Kier alpha value is -1.70. The molecule has 0 spiro atoms. The van der Waals surface area contributed by atoms with E-state index in [1.165, 1.54) is 6.07 Å². The summed E-state index contributed by atoms with van der Waals surface area (Å²) in [6, 6.07) is 6.48. The number of piperazine rings is 1. The number of nitrogens with one attached hydrogen (secondary N) is 1. The van der Waals surface area contributed by atoms with Gasteiger partial charge in [0.05, 0.1) is 11.5 Å². The molecule has 2 rings (SSSR count). The number of halogens is 1. The average Bonchev–Trinajstić information content (AvgIpc) is 2.54. The highest BCUT2D eigenvalue weighted by Gasteiger charge is 2.24. The third-order valence-electron chi connectivity index (χ3n) is 4.10. The van der Waals surface area contributed by atoms with E-state index in [4.69, 9.17) is 0 Å². The molecule has 1 aliphatic rings. The molecular weight excluding hydrogens is 320 g/mol. The van der Waals surface area contributed by atoms with E-state index in [1.54, 1.807) is 18.2 Å². The van der Waals surface area contributed by atoms with E-state index in [0.717, 1.165) is 13.1 Å². The summed E-state index contributed by atoms with van der Waals surface area (Å²) in [6.07, 6.45) is 0. The second kappa shape index (κ2) is 8.81. The predicted octanol–water partition coefficient (Wildman–Crippen LogP) is 1.44. The largest absolute Gasteiger partial charge is 0.339 e. The molecule has 1 heterocycles. The Labute approximate surface area is 142 Å². The number of nitrogens with zero attached hydrogens (tertiary/aromatic N) is 3. The molecule has 7 nitrogen and oxygen atoms in total. The summed E-state index contributed by atoms with van der Waals surface area (Å²) >= 11 is 0. The third kappa shape index (κ3) is 4.89. The van der Waals surface area contributed by atoms with Crippen molar-refractivity contribution in [1.82, 2.24) is 15.1 Å². The standard InChI is InChI=1S/C15H22N4O3.ClH/c1-12(13-5-3-4-6-14(13)19(21)22)17(2)11-15(20)18-9-7-16-8-10-18;/h3-6,12,16H,7-11H2,1-2H3;1H. The van der Waals surface area contributed by atoms with Gasteiger partial charge in [0.1, 0.15) is 0 Å². The number of para-hydroxylation sites is 1. The molecule has 1 saturated heterocycles. The minimum Gasteiger partial charge on any atom is -0.339 e. The normalized spacial score (nSPS) is 15.9. The summed E-state index contributed by atoms with van der Waals surface area (Å²) in [5, 5.41) is 14.3. The number of benzene rings is 1. The zero-order chi connectivity index (χ0) is 16.1. The molecule has 23 heavy (non-hydrogen) atoms. The van der Waals surface area contributed by atoms with Gasteiger partial charge in [0.2, 0.25) is 5.91 Å². The van der Waals surface area contributed by atoms with Gasteiger partial charge in [-0.1, -0.05) is 18.2 Å². The average molecular weight is 343 g/mol. The molecule has 1 aliphatic heterocycles. The monoisotopic (exact) mass is 342 g/mol. The Balaban J connectivity index is 0.00000264. The number of hydrogen-bond donors (Lipinski definition) is 1. The van der Waals surface area contributed by atoms with E-state index < -0.39 is 0 Å². The number of nitro benzene ring substituents is 1. The van der Waals surface area contributed by atoms with Crippen molar-refractivity contribution in [3.8, 4) is 0 Å². The minimum absolute atomic E-state index is 0. The van der Waals surface area contributed by atoms with Crippen molar-refractivity contribution >= 4 is 24.0 Å². The number of nitro groups is 1. The van der Waals surface area contributed by atoms with Crippen LogP contribution in [0, 0.1) is 10.1 Å². The Morgan fingerprint density at radius 2 is 2.00 bits per heavy atom. The summed E-state index contributed by atoms with van der Waals surface area (Å²) in [6.45, 7) is 5.20. The Kier molecular flexibility index (Phi) is 7.41. The molecule has 1 unspecified atom stereocenters.